The van der Waals surface area contributed by atoms with Crippen LogP contribution < -0.4 is 4.90 Å². The van der Waals surface area contributed by atoms with E-state index in [1.807, 2.05) is 18.2 Å². The number of anilines is 1. The lowest BCUT2D eigenvalue weighted by Crippen LogP contribution is -2.25. The molecular formula is C37H47N3O2. The van der Waals surface area contributed by atoms with Crippen LogP contribution in [0.3, 0.4) is 0 Å². The van der Waals surface area contributed by atoms with Gasteiger partial charge < -0.3 is 4.90 Å². The zero-order valence-corrected chi connectivity index (χ0v) is 25.6. The van der Waals surface area contributed by atoms with E-state index in [-0.39, 0.29) is 11.3 Å². The third-order valence-corrected chi connectivity index (χ3v) is 7.85. The molecule has 0 saturated heterocycles. The lowest BCUT2D eigenvalue weighted by Gasteiger charge is -2.25. The van der Waals surface area contributed by atoms with Crippen molar-refractivity contribution in [1.82, 2.24) is 0 Å². The van der Waals surface area contributed by atoms with Crippen LogP contribution in [0, 0.1) is 21.4 Å². The molecule has 3 aromatic rings. The van der Waals surface area contributed by atoms with Gasteiger partial charge in [0.25, 0.3) is 5.69 Å². The van der Waals surface area contributed by atoms with E-state index in [2.05, 4.69) is 67.3 Å². The molecule has 0 saturated carbocycles. The average molecular weight is 566 g/mol. The van der Waals surface area contributed by atoms with Gasteiger partial charge in [0.2, 0.25) is 0 Å². The van der Waals surface area contributed by atoms with Crippen molar-refractivity contribution in [2.75, 3.05) is 18.0 Å². The summed E-state index contributed by atoms with van der Waals surface area (Å²) in [6.07, 6.45) is 19.7. The number of rotatable bonds is 19. The van der Waals surface area contributed by atoms with Crippen LogP contribution in [0.1, 0.15) is 108 Å². The Morgan fingerprint density at radius 3 is 1.69 bits per heavy atom. The molecule has 0 aliphatic heterocycles. The fourth-order valence-corrected chi connectivity index (χ4v) is 5.29. The first kappa shape index (κ1) is 32.6. The van der Waals surface area contributed by atoms with Crippen molar-refractivity contribution in [3.63, 3.8) is 0 Å². The highest BCUT2D eigenvalue weighted by Crippen LogP contribution is 2.26. The summed E-state index contributed by atoms with van der Waals surface area (Å²) < 4.78 is 0. The molecule has 5 nitrogen and oxygen atoms in total. The second-order valence-corrected chi connectivity index (χ2v) is 11.2. The smallest absolute Gasteiger partial charge is 0.287 e. The maximum absolute atomic E-state index is 11.1. The molecule has 3 aromatic carbocycles. The Kier molecular flexibility index (Phi) is 14.4. The number of hydrogen-bond donors (Lipinski definition) is 0. The molecule has 222 valence electrons. The lowest BCUT2D eigenvalue weighted by molar-refractivity contribution is -0.385. The van der Waals surface area contributed by atoms with Gasteiger partial charge in [0, 0.05) is 24.8 Å². The van der Waals surface area contributed by atoms with E-state index < -0.39 is 4.92 Å². The molecule has 0 fully saturated rings. The fourth-order valence-electron chi connectivity index (χ4n) is 5.29. The van der Waals surface area contributed by atoms with Crippen molar-refractivity contribution in [3.05, 3.63) is 93.5 Å². The monoisotopic (exact) mass is 565 g/mol. The summed E-state index contributed by atoms with van der Waals surface area (Å²) in [5, 5.41) is 20.3. The summed E-state index contributed by atoms with van der Waals surface area (Å²) in [6.45, 7) is 6.81. The maximum atomic E-state index is 11.1. The van der Waals surface area contributed by atoms with Crippen LogP contribution in [0.15, 0.2) is 66.7 Å². The SMILES string of the molecule is CCCCCCCCN(CCCCCCCC)c1ccc(-c2ccc(C=Cc3ccc([N+](=O)[O-])c(C#N)c3)cc2)cc1. The Bertz CT molecular complexity index is 1270. The van der Waals surface area contributed by atoms with Crippen molar-refractivity contribution in [3.8, 4) is 17.2 Å². The Balaban J connectivity index is 1.61. The Labute approximate surface area is 253 Å². The zero-order valence-electron chi connectivity index (χ0n) is 25.6. The van der Waals surface area contributed by atoms with Gasteiger partial charge in [-0.1, -0.05) is 127 Å². The first-order valence-corrected chi connectivity index (χ1v) is 15.9. The predicted molar refractivity (Wildman–Crippen MR) is 178 cm³/mol. The van der Waals surface area contributed by atoms with Gasteiger partial charge in [0.15, 0.2) is 0 Å². The van der Waals surface area contributed by atoms with Gasteiger partial charge in [0.1, 0.15) is 11.6 Å². The van der Waals surface area contributed by atoms with Crippen LogP contribution >= 0.6 is 0 Å². The van der Waals surface area contributed by atoms with Gasteiger partial charge in [-0.15, -0.1) is 0 Å². The fraction of sp³-hybridized carbons (Fsp3) is 0.432. The highest BCUT2D eigenvalue weighted by molar-refractivity contribution is 5.74. The number of unbranched alkanes of at least 4 members (excludes halogenated alkanes) is 10. The third-order valence-electron chi connectivity index (χ3n) is 7.85. The number of hydrogen-bond acceptors (Lipinski definition) is 4. The molecule has 0 bridgehead atoms. The van der Waals surface area contributed by atoms with Crippen molar-refractivity contribution in [1.29, 1.82) is 5.26 Å². The molecule has 0 atom stereocenters. The quantitative estimate of drug-likeness (QED) is 0.0627. The van der Waals surface area contributed by atoms with Crippen molar-refractivity contribution < 1.29 is 4.92 Å². The molecular weight excluding hydrogens is 518 g/mol. The molecule has 0 spiro atoms. The average Bonchev–Trinajstić information content (AvgIpc) is 3.02. The number of nitro groups is 1. The molecule has 0 amide bonds. The number of benzene rings is 3. The second kappa shape index (κ2) is 18.5. The van der Waals surface area contributed by atoms with Crippen LogP contribution in [0.5, 0.6) is 0 Å². The van der Waals surface area contributed by atoms with E-state index in [1.165, 1.54) is 99.9 Å². The number of nitrogens with zero attached hydrogens (tertiary/aromatic N) is 3. The van der Waals surface area contributed by atoms with Crippen LogP contribution in [0.4, 0.5) is 11.4 Å². The van der Waals surface area contributed by atoms with E-state index in [0.29, 0.717) is 0 Å². The summed E-state index contributed by atoms with van der Waals surface area (Å²) in [4.78, 5) is 13.1. The molecule has 0 N–H and O–H groups in total. The predicted octanol–water partition coefficient (Wildman–Crippen LogP) is 10.8. The highest BCUT2D eigenvalue weighted by Gasteiger charge is 2.13. The van der Waals surface area contributed by atoms with Gasteiger partial charge >= 0.3 is 0 Å². The molecule has 0 aliphatic rings. The summed E-state index contributed by atoms with van der Waals surface area (Å²) in [5.41, 5.74) is 5.36. The maximum Gasteiger partial charge on any atom is 0.287 e. The summed E-state index contributed by atoms with van der Waals surface area (Å²) in [7, 11) is 0. The second-order valence-electron chi connectivity index (χ2n) is 11.2. The van der Waals surface area contributed by atoms with Crippen LogP contribution in [-0.4, -0.2) is 18.0 Å². The molecule has 42 heavy (non-hydrogen) atoms. The molecule has 5 heteroatoms. The summed E-state index contributed by atoms with van der Waals surface area (Å²) in [6, 6.07) is 23.9. The van der Waals surface area contributed by atoms with E-state index in [9.17, 15) is 15.4 Å². The van der Waals surface area contributed by atoms with E-state index in [1.54, 1.807) is 12.1 Å². The number of nitro benzene ring substituents is 1. The minimum atomic E-state index is -0.528. The Morgan fingerprint density at radius 1 is 0.690 bits per heavy atom. The van der Waals surface area contributed by atoms with Crippen molar-refractivity contribution in [2.45, 2.75) is 90.9 Å². The minimum absolute atomic E-state index is 0.0680. The molecule has 0 aliphatic carbocycles. The topological polar surface area (TPSA) is 70.2 Å². The van der Waals surface area contributed by atoms with Gasteiger partial charge in [-0.2, -0.15) is 5.26 Å². The normalized spacial score (nSPS) is 11.1. The Morgan fingerprint density at radius 2 is 1.17 bits per heavy atom. The molecule has 0 radical (unpaired) electrons. The molecule has 0 heterocycles. The highest BCUT2D eigenvalue weighted by atomic mass is 16.6. The molecule has 0 unspecified atom stereocenters. The van der Waals surface area contributed by atoms with Gasteiger partial charge in [0.05, 0.1) is 4.92 Å². The molecule has 0 aromatic heterocycles. The van der Waals surface area contributed by atoms with Crippen LogP contribution in [-0.2, 0) is 0 Å². The molecule has 3 rings (SSSR count). The largest absolute Gasteiger partial charge is 0.372 e. The van der Waals surface area contributed by atoms with E-state index in [4.69, 9.17) is 0 Å². The third kappa shape index (κ3) is 10.8. The lowest BCUT2D eigenvalue weighted by atomic mass is 10.0. The zero-order chi connectivity index (χ0) is 30.0. The first-order valence-electron chi connectivity index (χ1n) is 15.9. The van der Waals surface area contributed by atoms with E-state index >= 15 is 0 Å². The summed E-state index contributed by atoms with van der Waals surface area (Å²) in [5.74, 6) is 0. The van der Waals surface area contributed by atoms with Gasteiger partial charge in [-0.05, 0) is 59.4 Å². The summed E-state index contributed by atoms with van der Waals surface area (Å²) >= 11 is 0. The van der Waals surface area contributed by atoms with Gasteiger partial charge in [-0.3, -0.25) is 10.1 Å². The van der Waals surface area contributed by atoms with Gasteiger partial charge in [-0.25, -0.2) is 0 Å². The van der Waals surface area contributed by atoms with Crippen LogP contribution in [0.2, 0.25) is 0 Å². The number of nitriles is 1. The van der Waals surface area contributed by atoms with Crippen molar-refractivity contribution in [2.24, 2.45) is 0 Å². The van der Waals surface area contributed by atoms with E-state index in [0.717, 1.165) is 24.2 Å². The Hall–Kier alpha value is -3.91. The minimum Gasteiger partial charge on any atom is -0.372 e. The standard InChI is InChI=1S/C37H47N3O2/c1-3-5-7-9-11-13-27-39(28-14-12-10-8-6-4-2)36-24-22-34(23-25-36)33-20-17-31(18-21-33)15-16-32-19-26-37(40(41)42)35(29-32)30-38/h15-26,29H,3-14,27-28H2,1-2H3. The van der Waals surface area contributed by atoms with Crippen molar-refractivity contribution >= 4 is 23.5 Å². The van der Waals surface area contributed by atoms with Crippen LogP contribution in [0.25, 0.3) is 23.3 Å². The first-order chi connectivity index (χ1) is 20.5.